The number of carbonyl (C=O) groups excluding carboxylic acids is 2. The first-order valence-corrected chi connectivity index (χ1v) is 11.4. The lowest BCUT2D eigenvalue weighted by molar-refractivity contribution is -0.145. The summed E-state index contributed by atoms with van der Waals surface area (Å²) >= 11 is 0. The summed E-state index contributed by atoms with van der Waals surface area (Å²) in [7, 11) is 1.99. The van der Waals surface area contributed by atoms with Crippen LogP contribution in [0.1, 0.15) is 46.1 Å². The number of likely N-dealkylation sites (N-methyl/N-ethyl adjacent to an activating group) is 1. The Bertz CT molecular complexity index is 1290. The van der Waals surface area contributed by atoms with Crippen LogP contribution in [0.2, 0.25) is 0 Å². The summed E-state index contributed by atoms with van der Waals surface area (Å²) in [6.45, 7) is 2.18. The summed E-state index contributed by atoms with van der Waals surface area (Å²) in [4.78, 5) is 39.3. The van der Waals surface area contributed by atoms with Crippen molar-refractivity contribution < 1.29 is 19.8 Å². The van der Waals surface area contributed by atoms with E-state index in [2.05, 4.69) is 10.2 Å². The van der Waals surface area contributed by atoms with Crippen LogP contribution in [-0.4, -0.2) is 62.9 Å². The highest BCUT2D eigenvalue weighted by Crippen LogP contribution is 2.56. The summed E-state index contributed by atoms with van der Waals surface area (Å²) < 4.78 is 0.984. The number of piperidine rings is 1. The summed E-state index contributed by atoms with van der Waals surface area (Å²) in [6.07, 6.45) is 1.73. The Morgan fingerprint density at radius 3 is 2.68 bits per heavy atom. The van der Waals surface area contributed by atoms with Crippen molar-refractivity contribution in [1.29, 1.82) is 0 Å². The third-order valence-electron chi connectivity index (χ3n) is 8.20. The number of likely N-dealkylation sites (tertiary alicyclic amines) is 1. The van der Waals surface area contributed by atoms with Crippen LogP contribution in [0.5, 0.6) is 5.75 Å². The minimum atomic E-state index is -1.19. The second kappa shape index (κ2) is 7.31. The van der Waals surface area contributed by atoms with Crippen LogP contribution >= 0.6 is 0 Å². The third kappa shape index (κ3) is 2.91. The average molecular weight is 468 g/mol. The molecule has 34 heavy (non-hydrogen) atoms. The zero-order valence-electron chi connectivity index (χ0n) is 19.2. The first-order chi connectivity index (χ1) is 16.0. The molecule has 1 aliphatic heterocycles. The maximum Gasteiger partial charge on any atom is 0.281 e. The maximum absolute atomic E-state index is 13.0. The van der Waals surface area contributed by atoms with Crippen LogP contribution in [0, 0.1) is 0 Å². The molecule has 1 aromatic carbocycles. The lowest BCUT2D eigenvalue weighted by Crippen LogP contribution is -2.74. The van der Waals surface area contributed by atoms with Crippen molar-refractivity contribution in [1.82, 2.24) is 14.9 Å². The monoisotopic (exact) mass is 467 g/mol. The Balaban J connectivity index is 1.67. The summed E-state index contributed by atoms with van der Waals surface area (Å²) in [5, 5.41) is 25.0. The Kier molecular flexibility index (Phi) is 4.82. The molecule has 180 valence electrons. The van der Waals surface area contributed by atoms with Crippen molar-refractivity contribution in [2.45, 2.75) is 55.7 Å². The smallest absolute Gasteiger partial charge is 0.281 e. The zero-order chi connectivity index (χ0) is 24.6. The highest BCUT2D eigenvalue weighted by atomic mass is 16.3. The van der Waals surface area contributed by atoms with Crippen LogP contribution in [0.4, 0.5) is 0 Å². The highest BCUT2D eigenvalue weighted by molar-refractivity contribution is 5.97. The van der Waals surface area contributed by atoms with Crippen LogP contribution in [0.25, 0.3) is 0 Å². The van der Waals surface area contributed by atoms with Gasteiger partial charge in [-0.05, 0) is 68.2 Å². The molecule has 2 amide bonds. The first kappa shape index (κ1) is 22.4. The molecule has 2 heterocycles. The van der Waals surface area contributed by atoms with Gasteiger partial charge in [-0.1, -0.05) is 6.07 Å². The zero-order valence-corrected chi connectivity index (χ0v) is 19.2. The van der Waals surface area contributed by atoms with Crippen molar-refractivity contribution in [2.24, 2.45) is 5.73 Å². The van der Waals surface area contributed by atoms with Gasteiger partial charge in [-0.15, -0.1) is 0 Å². The molecule has 2 aliphatic carbocycles. The molecule has 10 heteroatoms. The van der Waals surface area contributed by atoms with Crippen molar-refractivity contribution in [2.75, 3.05) is 19.4 Å². The number of phenols is 1. The van der Waals surface area contributed by atoms with E-state index in [4.69, 9.17) is 11.6 Å². The number of nitrogen functional groups attached to an aromatic ring is 1. The minimum absolute atomic E-state index is 0.124. The van der Waals surface area contributed by atoms with Crippen LogP contribution in [0.3, 0.4) is 0 Å². The van der Waals surface area contributed by atoms with Crippen molar-refractivity contribution >= 4 is 11.8 Å². The third-order valence-corrected chi connectivity index (χ3v) is 8.20. The number of amides is 2. The molecular weight excluding hydrogens is 438 g/mol. The molecule has 2 bridgehead atoms. The Morgan fingerprint density at radius 2 is 1.97 bits per heavy atom. The fourth-order valence-electron chi connectivity index (χ4n) is 6.30. The lowest BCUT2D eigenvalue weighted by atomic mass is 9.49. The SMILES string of the molecule is C[C@H](NC(=O)c1cc2c(n(N)c1=O)C[C@]13CCN(C)[C@H](Cc4ccc(O)cc41)[C@]3(O)C2)C(N)=O. The molecule has 0 saturated carbocycles. The van der Waals surface area contributed by atoms with E-state index >= 15 is 0 Å². The topological polar surface area (TPSA) is 164 Å². The van der Waals surface area contributed by atoms with E-state index in [0.29, 0.717) is 30.5 Å². The average Bonchev–Trinajstić information content (AvgIpc) is 2.77. The molecule has 0 spiro atoms. The number of hydrogen-bond donors (Lipinski definition) is 5. The number of rotatable bonds is 3. The number of primary amides is 1. The molecule has 0 radical (unpaired) electrons. The number of fused-ring (bicyclic) bond motifs is 2. The van der Waals surface area contributed by atoms with Gasteiger partial charge in [0.15, 0.2) is 0 Å². The number of pyridine rings is 1. The largest absolute Gasteiger partial charge is 0.508 e. The highest BCUT2D eigenvalue weighted by Gasteiger charge is 2.64. The fourth-order valence-corrected chi connectivity index (χ4v) is 6.30. The van der Waals surface area contributed by atoms with Crippen LogP contribution in [0.15, 0.2) is 29.1 Å². The van der Waals surface area contributed by atoms with Crippen molar-refractivity contribution in [3.8, 4) is 5.75 Å². The van der Waals surface area contributed by atoms with E-state index in [1.165, 1.54) is 13.0 Å². The van der Waals surface area contributed by atoms with Gasteiger partial charge >= 0.3 is 0 Å². The molecular formula is C24H29N5O5. The van der Waals surface area contributed by atoms with E-state index in [-0.39, 0.29) is 23.8 Å². The van der Waals surface area contributed by atoms with Gasteiger partial charge in [-0.25, -0.2) is 4.68 Å². The van der Waals surface area contributed by atoms with Gasteiger partial charge in [0.2, 0.25) is 5.91 Å². The number of aromatic nitrogens is 1. The predicted molar refractivity (Wildman–Crippen MR) is 124 cm³/mol. The van der Waals surface area contributed by atoms with Gasteiger partial charge in [0.05, 0.1) is 5.60 Å². The second-order valence-electron chi connectivity index (χ2n) is 9.95. The van der Waals surface area contributed by atoms with Gasteiger partial charge in [0, 0.05) is 30.0 Å². The van der Waals surface area contributed by atoms with Crippen molar-refractivity contribution in [3.63, 3.8) is 0 Å². The van der Waals surface area contributed by atoms with E-state index in [1.807, 2.05) is 13.1 Å². The number of aromatic hydroxyl groups is 1. The number of hydrogen-bond acceptors (Lipinski definition) is 7. The second-order valence-corrected chi connectivity index (χ2v) is 9.95. The Labute approximate surface area is 196 Å². The number of nitrogens with zero attached hydrogens (tertiary/aromatic N) is 2. The Hall–Kier alpha value is -3.37. The van der Waals surface area contributed by atoms with Crippen molar-refractivity contribution in [3.05, 3.63) is 62.6 Å². The molecule has 2 aromatic rings. The summed E-state index contributed by atoms with van der Waals surface area (Å²) in [6, 6.07) is 5.61. The number of aliphatic hydroxyl groups is 1. The van der Waals surface area contributed by atoms with E-state index < -0.39 is 34.4 Å². The fraction of sp³-hybridized carbons (Fsp3) is 0.458. The number of carbonyl (C=O) groups is 2. The number of nitrogens with two attached hydrogens (primary N) is 2. The molecule has 0 unspecified atom stereocenters. The van der Waals surface area contributed by atoms with E-state index in [9.17, 15) is 24.6 Å². The first-order valence-electron chi connectivity index (χ1n) is 11.4. The molecule has 1 saturated heterocycles. The molecule has 5 rings (SSSR count). The predicted octanol–water partition coefficient (Wildman–Crippen LogP) is -1.10. The number of benzene rings is 1. The quantitative estimate of drug-likeness (QED) is 0.358. The number of nitrogens with one attached hydrogen (secondary N) is 1. The molecule has 1 fully saturated rings. The molecule has 3 aliphatic rings. The number of phenolic OH excluding ortho intramolecular Hbond substituents is 1. The van der Waals surface area contributed by atoms with Crippen LogP contribution in [-0.2, 0) is 29.5 Å². The summed E-state index contributed by atoms with van der Waals surface area (Å²) in [5.41, 5.74) is 5.51. The molecule has 1 aromatic heterocycles. The molecule has 4 atom stereocenters. The van der Waals surface area contributed by atoms with E-state index in [1.54, 1.807) is 12.1 Å². The van der Waals surface area contributed by atoms with Gasteiger partial charge < -0.3 is 32.0 Å². The summed E-state index contributed by atoms with van der Waals surface area (Å²) in [5.74, 6) is 4.88. The normalized spacial score (nSPS) is 28.3. The lowest BCUT2D eigenvalue weighted by Gasteiger charge is -2.63. The molecule has 10 nitrogen and oxygen atoms in total. The van der Waals surface area contributed by atoms with Gasteiger partial charge in [-0.3, -0.25) is 14.4 Å². The maximum atomic E-state index is 13.0. The van der Waals surface area contributed by atoms with E-state index in [0.717, 1.165) is 22.3 Å². The minimum Gasteiger partial charge on any atom is -0.508 e. The molecule has 7 N–H and O–H groups in total. The van der Waals surface area contributed by atoms with Gasteiger partial charge in [-0.2, -0.15) is 0 Å². The van der Waals surface area contributed by atoms with Gasteiger partial charge in [0.25, 0.3) is 11.5 Å². The van der Waals surface area contributed by atoms with Crippen LogP contribution < -0.4 is 22.5 Å². The van der Waals surface area contributed by atoms with Gasteiger partial charge in [0.1, 0.15) is 17.4 Å². The Morgan fingerprint density at radius 1 is 1.24 bits per heavy atom. The standard InChI is InChI=1S/C24H29N5O5/c1-12(20(25)31)27-21(32)16-7-14-10-24(34)19-8-13-3-4-15(30)9-17(13)23(24,5-6-28(19)2)11-18(14)29(26)22(16)33/h3-4,7,9,12,19,30,34H,5-6,8,10-11,26H2,1-2H3,(H2,25,31)(H,27,32)/t12-,19+,23+,24+/m0/s1.